The predicted octanol–water partition coefficient (Wildman–Crippen LogP) is 5.13. The number of Topliss-reactive ketones (excluding diaryl/α,β-unsaturated/α-hetero) is 1. The van der Waals surface area contributed by atoms with E-state index < -0.39 is 35.8 Å². The maximum Gasteiger partial charge on any atom is 0.460 e. The standard InChI is InChI=1S/C19H11F7O4/c20-17(21,18(22,23)19(24,25)26)16(28)29-11-7-5-10(6-8-11)15-9-13(27)12-3-1-2-4-14(12)30-15/h1-8,15H,9H2. The molecule has 0 spiro atoms. The van der Waals surface area contributed by atoms with E-state index in [4.69, 9.17) is 4.74 Å². The molecule has 0 aromatic heterocycles. The van der Waals surface area contributed by atoms with Crippen molar-refractivity contribution < 1.29 is 49.8 Å². The van der Waals surface area contributed by atoms with Gasteiger partial charge in [-0.3, -0.25) is 4.79 Å². The monoisotopic (exact) mass is 436 g/mol. The van der Waals surface area contributed by atoms with E-state index >= 15 is 0 Å². The summed E-state index contributed by atoms with van der Waals surface area (Å²) in [4.78, 5) is 23.4. The van der Waals surface area contributed by atoms with Crippen LogP contribution in [0.25, 0.3) is 0 Å². The van der Waals surface area contributed by atoms with Crippen molar-refractivity contribution in [1.29, 1.82) is 0 Å². The number of hydrogen-bond donors (Lipinski definition) is 0. The van der Waals surface area contributed by atoms with Crippen LogP contribution in [0.4, 0.5) is 30.7 Å². The molecule has 1 heterocycles. The molecule has 0 bridgehead atoms. The molecule has 1 unspecified atom stereocenters. The molecule has 160 valence electrons. The highest BCUT2D eigenvalue weighted by Crippen LogP contribution is 2.47. The van der Waals surface area contributed by atoms with Crippen molar-refractivity contribution in [2.45, 2.75) is 30.5 Å². The number of alkyl halides is 7. The molecule has 0 aliphatic carbocycles. The van der Waals surface area contributed by atoms with Gasteiger partial charge in [0.25, 0.3) is 0 Å². The smallest absolute Gasteiger partial charge is 0.460 e. The van der Waals surface area contributed by atoms with Crippen LogP contribution < -0.4 is 9.47 Å². The van der Waals surface area contributed by atoms with Crippen molar-refractivity contribution in [2.24, 2.45) is 0 Å². The third kappa shape index (κ3) is 3.71. The minimum Gasteiger partial charge on any atom is -0.484 e. The number of ketones is 1. The first-order chi connectivity index (χ1) is 13.8. The Labute approximate surface area is 164 Å². The number of carbonyl (C=O) groups is 2. The van der Waals surface area contributed by atoms with Gasteiger partial charge in [0.1, 0.15) is 17.6 Å². The molecular formula is C19H11F7O4. The number of esters is 1. The Bertz CT molecular complexity index is 968. The van der Waals surface area contributed by atoms with Crippen LogP contribution in [0.2, 0.25) is 0 Å². The van der Waals surface area contributed by atoms with Gasteiger partial charge in [-0.05, 0) is 29.8 Å². The normalized spacial score (nSPS) is 17.2. The Morgan fingerprint density at radius 1 is 0.933 bits per heavy atom. The van der Waals surface area contributed by atoms with Crippen LogP contribution in [0.1, 0.15) is 28.4 Å². The maximum absolute atomic E-state index is 13.3. The first kappa shape index (κ1) is 21.6. The number of benzene rings is 2. The fourth-order valence-electron chi connectivity index (χ4n) is 2.69. The molecule has 0 fully saturated rings. The highest BCUT2D eigenvalue weighted by Gasteiger charge is 2.77. The summed E-state index contributed by atoms with van der Waals surface area (Å²) in [6, 6.07) is 10.7. The molecular weight excluding hydrogens is 425 g/mol. The van der Waals surface area contributed by atoms with E-state index in [1.165, 1.54) is 12.1 Å². The van der Waals surface area contributed by atoms with Crippen molar-refractivity contribution in [1.82, 2.24) is 0 Å². The van der Waals surface area contributed by atoms with Crippen LogP contribution in [0, 0.1) is 0 Å². The SMILES string of the molecule is O=C1CC(c2ccc(OC(=O)C(F)(F)C(F)(F)C(F)(F)F)cc2)Oc2ccccc21. The summed E-state index contributed by atoms with van der Waals surface area (Å²) < 4.78 is 98.6. The second-order valence-electron chi connectivity index (χ2n) is 6.34. The lowest BCUT2D eigenvalue weighted by molar-refractivity contribution is -0.346. The highest BCUT2D eigenvalue weighted by molar-refractivity contribution is 5.99. The zero-order valence-electron chi connectivity index (χ0n) is 14.7. The fraction of sp³-hybridized carbons (Fsp3) is 0.263. The van der Waals surface area contributed by atoms with Crippen LogP contribution in [0.3, 0.4) is 0 Å². The van der Waals surface area contributed by atoms with Gasteiger partial charge in [0.2, 0.25) is 0 Å². The third-order valence-corrected chi connectivity index (χ3v) is 4.30. The van der Waals surface area contributed by atoms with Gasteiger partial charge in [-0.25, -0.2) is 4.79 Å². The molecule has 0 amide bonds. The molecule has 2 aromatic rings. The number of para-hydroxylation sites is 1. The molecule has 0 radical (unpaired) electrons. The lowest BCUT2D eigenvalue weighted by Crippen LogP contribution is -2.57. The molecule has 1 aliphatic rings. The maximum atomic E-state index is 13.3. The van der Waals surface area contributed by atoms with Gasteiger partial charge >= 0.3 is 24.0 Å². The lowest BCUT2D eigenvalue weighted by Gasteiger charge is -2.26. The van der Waals surface area contributed by atoms with Crippen molar-refractivity contribution in [3.05, 3.63) is 59.7 Å². The van der Waals surface area contributed by atoms with Crippen molar-refractivity contribution in [3.63, 3.8) is 0 Å². The molecule has 2 aromatic carbocycles. The van der Waals surface area contributed by atoms with E-state index in [0.29, 0.717) is 16.9 Å². The Morgan fingerprint density at radius 3 is 2.13 bits per heavy atom. The summed E-state index contributed by atoms with van der Waals surface area (Å²) in [5, 5.41) is 0. The topological polar surface area (TPSA) is 52.6 Å². The Hall–Kier alpha value is -3.11. The predicted molar refractivity (Wildman–Crippen MR) is 86.8 cm³/mol. The zero-order chi connectivity index (χ0) is 22.3. The number of carbonyl (C=O) groups excluding carboxylic acids is 2. The summed E-state index contributed by atoms with van der Waals surface area (Å²) in [6.07, 6.45) is -7.46. The molecule has 1 aliphatic heterocycles. The number of halogens is 7. The molecule has 30 heavy (non-hydrogen) atoms. The van der Waals surface area contributed by atoms with Crippen LogP contribution in [0.5, 0.6) is 11.5 Å². The second-order valence-corrected chi connectivity index (χ2v) is 6.34. The average Bonchev–Trinajstić information content (AvgIpc) is 2.67. The van der Waals surface area contributed by atoms with Crippen molar-refractivity contribution >= 4 is 11.8 Å². The van der Waals surface area contributed by atoms with E-state index in [1.807, 2.05) is 0 Å². The molecule has 0 N–H and O–H groups in total. The average molecular weight is 436 g/mol. The minimum absolute atomic E-state index is 0.0496. The Kier molecular flexibility index (Phi) is 5.25. The van der Waals surface area contributed by atoms with Gasteiger partial charge < -0.3 is 9.47 Å². The fourth-order valence-corrected chi connectivity index (χ4v) is 2.69. The lowest BCUT2D eigenvalue weighted by atomic mass is 9.96. The third-order valence-electron chi connectivity index (χ3n) is 4.30. The summed E-state index contributed by atoms with van der Waals surface area (Å²) >= 11 is 0. The molecule has 0 saturated heterocycles. The second kappa shape index (κ2) is 7.29. The van der Waals surface area contributed by atoms with E-state index in [2.05, 4.69) is 4.74 Å². The number of rotatable bonds is 4. The van der Waals surface area contributed by atoms with Gasteiger partial charge in [-0.2, -0.15) is 30.7 Å². The summed E-state index contributed by atoms with van der Waals surface area (Å²) in [5.41, 5.74) is 0.747. The molecule has 0 saturated carbocycles. The van der Waals surface area contributed by atoms with Gasteiger partial charge in [0.15, 0.2) is 5.78 Å². The highest BCUT2D eigenvalue weighted by atomic mass is 19.4. The van der Waals surface area contributed by atoms with Crippen molar-refractivity contribution in [2.75, 3.05) is 0 Å². The van der Waals surface area contributed by atoms with E-state index in [9.17, 15) is 40.3 Å². The van der Waals surface area contributed by atoms with Crippen LogP contribution >= 0.6 is 0 Å². The largest absolute Gasteiger partial charge is 0.484 e. The van der Waals surface area contributed by atoms with E-state index in [1.54, 1.807) is 24.3 Å². The number of ether oxygens (including phenoxy) is 2. The molecule has 4 nitrogen and oxygen atoms in total. The first-order valence-corrected chi connectivity index (χ1v) is 8.28. The van der Waals surface area contributed by atoms with E-state index in [-0.39, 0.29) is 12.2 Å². The Morgan fingerprint density at radius 2 is 1.53 bits per heavy atom. The molecule has 3 rings (SSSR count). The van der Waals surface area contributed by atoms with Crippen LogP contribution in [0.15, 0.2) is 48.5 Å². The number of hydrogen-bond acceptors (Lipinski definition) is 4. The van der Waals surface area contributed by atoms with Gasteiger partial charge in [-0.1, -0.05) is 24.3 Å². The minimum atomic E-state index is -6.65. The van der Waals surface area contributed by atoms with Gasteiger partial charge in [-0.15, -0.1) is 0 Å². The van der Waals surface area contributed by atoms with Gasteiger partial charge in [0, 0.05) is 0 Å². The summed E-state index contributed by atoms with van der Waals surface area (Å²) in [5.74, 6) is -16.4. The summed E-state index contributed by atoms with van der Waals surface area (Å²) in [6.45, 7) is 0. The number of fused-ring (bicyclic) bond motifs is 1. The molecule has 11 heteroatoms. The van der Waals surface area contributed by atoms with E-state index in [0.717, 1.165) is 12.1 Å². The zero-order valence-corrected chi connectivity index (χ0v) is 14.7. The van der Waals surface area contributed by atoms with Crippen LogP contribution in [-0.4, -0.2) is 29.8 Å². The molecule has 1 atom stereocenters. The van der Waals surface area contributed by atoms with Gasteiger partial charge in [0.05, 0.1) is 12.0 Å². The van der Waals surface area contributed by atoms with Crippen molar-refractivity contribution in [3.8, 4) is 11.5 Å². The summed E-state index contributed by atoms with van der Waals surface area (Å²) in [7, 11) is 0. The Balaban J connectivity index is 1.74. The first-order valence-electron chi connectivity index (χ1n) is 8.28. The van der Waals surface area contributed by atoms with Crippen LogP contribution in [-0.2, 0) is 4.79 Å². The quantitative estimate of drug-likeness (QED) is 0.379.